The molecule has 0 aromatic rings. The number of nitrogens with one attached hydrogen (secondary N) is 3. The smallest absolute Gasteiger partial charge is 0.326 e. The maximum atomic E-state index is 12.4. The van der Waals surface area contributed by atoms with Gasteiger partial charge in [-0.15, -0.1) is 0 Å². The summed E-state index contributed by atoms with van der Waals surface area (Å²) < 4.78 is 0. The van der Waals surface area contributed by atoms with Gasteiger partial charge in [-0.05, 0) is 19.3 Å². The van der Waals surface area contributed by atoms with Gasteiger partial charge in [-0.3, -0.25) is 19.2 Å². The van der Waals surface area contributed by atoms with Crippen LogP contribution in [0.15, 0.2) is 0 Å². The molecule has 0 rings (SSSR count). The summed E-state index contributed by atoms with van der Waals surface area (Å²) in [4.78, 5) is 57.6. The summed E-state index contributed by atoms with van der Waals surface area (Å²) in [5, 5.41) is 16.2. The van der Waals surface area contributed by atoms with E-state index in [4.69, 9.17) is 5.11 Å². The summed E-state index contributed by atoms with van der Waals surface area (Å²) >= 11 is 0. The van der Waals surface area contributed by atoms with Crippen molar-refractivity contribution >= 4 is 30.0 Å². The van der Waals surface area contributed by atoms with Crippen molar-refractivity contribution in [1.29, 1.82) is 0 Å². The number of carboxylic acids is 1. The second kappa shape index (κ2) is 11.2. The summed E-state index contributed by atoms with van der Waals surface area (Å²) in [6, 6.07) is -2.70. The minimum Gasteiger partial charge on any atom is -0.480 e. The van der Waals surface area contributed by atoms with Crippen molar-refractivity contribution in [3.63, 3.8) is 0 Å². The third kappa shape index (κ3) is 8.09. The first-order valence-electron chi connectivity index (χ1n) is 8.57. The van der Waals surface area contributed by atoms with Crippen LogP contribution in [0.5, 0.6) is 0 Å². The van der Waals surface area contributed by atoms with Gasteiger partial charge in [0.25, 0.3) is 0 Å². The lowest BCUT2D eigenvalue weighted by Gasteiger charge is -2.24. The lowest BCUT2D eigenvalue weighted by Crippen LogP contribution is -2.53. The van der Waals surface area contributed by atoms with Crippen LogP contribution in [0.4, 0.5) is 0 Å². The number of amides is 3. The van der Waals surface area contributed by atoms with Crippen molar-refractivity contribution < 1.29 is 29.1 Å². The molecule has 0 aliphatic heterocycles. The van der Waals surface area contributed by atoms with Gasteiger partial charge in [0.15, 0.2) is 5.78 Å². The van der Waals surface area contributed by atoms with Gasteiger partial charge in [0.05, 0.1) is 6.04 Å². The average molecular weight is 371 g/mol. The number of hydrogen-bond acceptors (Lipinski definition) is 5. The molecule has 0 heterocycles. The second-order valence-corrected chi connectivity index (χ2v) is 6.79. The summed E-state index contributed by atoms with van der Waals surface area (Å²) in [6.07, 6.45) is -0.0163. The number of carbonyl (C=O) groups excluding carboxylic acids is 4. The van der Waals surface area contributed by atoms with Gasteiger partial charge in [-0.2, -0.15) is 0 Å². The summed E-state index contributed by atoms with van der Waals surface area (Å²) in [5.74, 6) is -2.81. The Balaban J connectivity index is 4.78. The Labute approximate surface area is 153 Å². The lowest BCUT2D eigenvalue weighted by atomic mass is 10.00. The van der Waals surface area contributed by atoms with Crippen LogP contribution in [0, 0.1) is 11.8 Å². The molecule has 0 bridgehead atoms. The number of carbonyl (C=O) groups is 5. The van der Waals surface area contributed by atoms with Gasteiger partial charge in [0, 0.05) is 12.3 Å². The van der Waals surface area contributed by atoms with Crippen LogP contribution < -0.4 is 16.0 Å². The normalized spacial score (nSPS) is 14.3. The number of carboxylic acid groups (broad SMARTS) is 1. The fourth-order valence-electron chi connectivity index (χ4n) is 2.29. The van der Waals surface area contributed by atoms with Crippen molar-refractivity contribution in [2.75, 3.05) is 0 Å². The second-order valence-electron chi connectivity index (χ2n) is 6.79. The van der Waals surface area contributed by atoms with E-state index in [2.05, 4.69) is 16.0 Å². The minimum atomic E-state index is -1.25. The highest BCUT2D eigenvalue weighted by Gasteiger charge is 2.28. The number of Topliss-reactive ketones (excluding diaryl/α,β-unsaturated/α-hetero) is 1. The molecule has 0 aromatic carbocycles. The molecule has 0 radical (unpaired) electrons. The molecule has 0 saturated heterocycles. The largest absolute Gasteiger partial charge is 0.480 e. The highest BCUT2D eigenvalue weighted by molar-refractivity contribution is 5.93. The van der Waals surface area contributed by atoms with E-state index in [0.29, 0.717) is 0 Å². The molecule has 9 nitrogen and oxygen atoms in total. The van der Waals surface area contributed by atoms with Crippen molar-refractivity contribution in [1.82, 2.24) is 16.0 Å². The zero-order valence-electron chi connectivity index (χ0n) is 15.9. The van der Waals surface area contributed by atoms with E-state index in [1.165, 1.54) is 0 Å². The first-order chi connectivity index (χ1) is 12.0. The molecule has 0 spiro atoms. The van der Waals surface area contributed by atoms with Crippen LogP contribution in [-0.4, -0.2) is 53.2 Å². The minimum absolute atomic E-state index is 0.103. The molecule has 0 aliphatic rings. The SMILES string of the molecule is CC(C)C(=O)[C@H](C)NC(=O)C(NC(=O)CC[C@H](NC=O)C(=O)O)C(C)C. The van der Waals surface area contributed by atoms with Crippen LogP contribution in [0.1, 0.15) is 47.5 Å². The maximum Gasteiger partial charge on any atom is 0.326 e. The average Bonchev–Trinajstić information content (AvgIpc) is 2.54. The quantitative estimate of drug-likeness (QED) is 0.351. The first kappa shape index (κ1) is 23.5. The Morgan fingerprint density at radius 3 is 2.00 bits per heavy atom. The van der Waals surface area contributed by atoms with Gasteiger partial charge in [0.1, 0.15) is 12.1 Å². The molecule has 4 N–H and O–H groups in total. The van der Waals surface area contributed by atoms with E-state index in [0.717, 1.165) is 0 Å². The van der Waals surface area contributed by atoms with Gasteiger partial charge in [0.2, 0.25) is 18.2 Å². The topological polar surface area (TPSA) is 142 Å². The van der Waals surface area contributed by atoms with Crippen LogP contribution in [0.2, 0.25) is 0 Å². The number of ketones is 1. The standard InChI is InChI=1S/C17H29N3O6/c1-9(2)14(16(24)19-11(5)15(23)10(3)4)20-13(22)7-6-12(17(25)26)18-8-21/h8-12,14H,6-7H2,1-5H3,(H,18,21)(H,19,24)(H,20,22)(H,25,26)/t11-,12-,14?/m0/s1. The van der Waals surface area contributed by atoms with Crippen molar-refractivity contribution in [3.05, 3.63) is 0 Å². The molecular formula is C17H29N3O6. The molecule has 9 heteroatoms. The van der Waals surface area contributed by atoms with Gasteiger partial charge >= 0.3 is 5.97 Å². The van der Waals surface area contributed by atoms with Gasteiger partial charge in [-0.1, -0.05) is 27.7 Å². The fourth-order valence-corrected chi connectivity index (χ4v) is 2.29. The van der Waals surface area contributed by atoms with E-state index < -0.39 is 35.9 Å². The molecule has 3 amide bonds. The molecule has 26 heavy (non-hydrogen) atoms. The van der Waals surface area contributed by atoms with E-state index >= 15 is 0 Å². The summed E-state index contributed by atoms with van der Waals surface area (Å²) in [6.45, 7) is 8.54. The van der Waals surface area contributed by atoms with Crippen LogP contribution in [0.3, 0.4) is 0 Å². The van der Waals surface area contributed by atoms with Crippen LogP contribution >= 0.6 is 0 Å². The van der Waals surface area contributed by atoms with E-state index in [1.54, 1.807) is 34.6 Å². The molecule has 0 aromatic heterocycles. The van der Waals surface area contributed by atoms with E-state index in [1.807, 2.05) is 0 Å². The first-order valence-corrected chi connectivity index (χ1v) is 8.57. The fraction of sp³-hybridized carbons (Fsp3) is 0.706. The molecule has 0 fully saturated rings. The molecule has 0 aliphatic carbocycles. The van der Waals surface area contributed by atoms with E-state index in [-0.39, 0.29) is 36.9 Å². The predicted molar refractivity (Wildman–Crippen MR) is 94.1 cm³/mol. The predicted octanol–water partition coefficient (Wildman–Crippen LogP) is -0.164. The number of hydrogen-bond donors (Lipinski definition) is 4. The van der Waals surface area contributed by atoms with Crippen molar-refractivity contribution in [2.45, 2.75) is 65.6 Å². The highest BCUT2D eigenvalue weighted by Crippen LogP contribution is 2.06. The Hall–Kier alpha value is -2.45. The van der Waals surface area contributed by atoms with Gasteiger partial charge in [-0.25, -0.2) is 4.79 Å². The molecule has 148 valence electrons. The van der Waals surface area contributed by atoms with Crippen LogP contribution in [0.25, 0.3) is 0 Å². The Bertz CT molecular complexity index is 533. The van der Waals surface area contributed by atoms with Crippen molar-refractivity contribution in [3.8, 4) is 0 Å². The highest BCUT2D eigenvalue weighted by atomic mass is 16.4. The zero-order chi connectivity index (χ0) is 20.4. The molecule has 3 atom stereocenters. The third-order valence-corrected chi connectivity index (χ3v) is 3.85. The number of rotatable bonds is 12. The number of aliphatic carboxylic acids is 1. The van der Waals surface area contributed by atoms with Gasteiger partial charge < -0.3 is 21.1 Å². The third-order valence-electron chi connectivity index (χ3n) is 3.85. The molecule has 1 unspecified atom stereocenters. The Morgan fingerprint density at radius 2 is 1.58 bits per heavy atom. The maximum absolute atomic E-state index is 12.4. The lowest BCUT2D eigenvalue weighted by molar-refractivity contribution is -0.141. The zero-order valence-corrected chi connectivity index (χ0v) is 15.9. The molecule has 0 saturated carbocycles. The molecular weight excluding hydrogens is 342 g/mol. The monoisotopic (exact) mass is 371 g/mol. The van der Waals surface area contributed by atoms with Crippen molar-refractivity contribution in [2.24, 2.45) is 11.8 Å². The summed E-state index contributed by atoms with van der Waals surface area (Å²) in [5.41, 5.74) is 0. The van der Waals surface area contributed by atoms with Crippen LogP contribution in [-0.2, 0) is 24.0 Å². The van der Waals surface area contributed by atoms with E-state index in [9.17, 15) is 24.0 Å². The Kier molecular flexibility index (Phi) is 10.2. The summed E-state index contributed by atoms with van der Waals surface area (Å²) in [7, 11) is 0. The Morgan fingerprint density at radius 1 is 1.00 bits per heavy atom.